The number of likely N-dealkylation sites (N-methyl/N-ethyl adjacent to an activating group) is 1. The Bertz CT molecular complexity index is 572. The Kier molecular flexibility index (Phi) is 4.59. The fourth-order valence-electron chi connectivity index (χ4n) is 1.72. The highest BCUT2D eigenvalue weighted by molar-refractivity contribution is 5.51. The highest BCUT2D eigenvalue weighted by Crippen LogP contribution is 2.21. The summed E-state index contributed by atoms with van der Waals surface area (Å²) in [6, 6.07) is 9.03. The minimum Gasteiger partial charge on any atom is -0.382 e. The third kappa shape index (κ3) is 4.27. The molecule has 0 fully saturated rings. The fourth-order valence-corrected chi connectivity index (χ4v) is 1.72. The number of rotatable bonds is 5. The van der Waals surface area contributed by atoms with Gasteiger partial charge in [0.2, 0.25) is 0 Å². The van der Waals surface area contributed by atoms with Crippen LogP contribution in [0.15, 0.2) is 34.9 Å². The van der Waals surface area contributed by atoms with Crippen molar-refractivity contribution in [2.45, 2.75) is 18.8 Å². The molecule has 1 aromatic heterocycles. The van der Waals surface area contributed by atoms with Gasteiger partial charge in [-0.25, -0.2) is 0 Å². The minimum absolute atomic E-state index is 0.0451. The first-order chi connectivity index (χ1) is 9.86. The molecule has 21 heavy (non-hydrogen) atoms. The number of hydrogen-bond donors (Lipinski definition) is 1. The maximum atomic E-state index is 12.2. The summed E-state index contributed by atoms with van der Waals surface area (Å²) in [4.78, 5) is 5.38. The molecule has 0 amide bonds. The van der Waals surface area contributed by atoms with Gasteiger partial charge in [-0.3, -0.25) is 4.90 Å². The predicted octanol–water partition coefficient (Wildman–Crippen LogP) is 2.09. The number of aliphatic hydroxyl groups excluding tert-OH is 1. The van der Waals surface area contributed by atoms with Crippen LogP contribution >= 0.6 is 0 Å². The van der Waals surface area contributed by atoms with E-state index in [0.29, 0.717) is 5.89 Å². The van der Waals surface area contributed by atoms with Crippen molar-refractivity contribution in [3.05, 3.63) is 36.2 Å². The van der Waals surface area contributed by atoms with Gasteiger partial charge in [-0.1, -0.05) is 23.4 Å². The largest absolute Gasteiger partial charge is 0.415 e. The summed E-state index contributed by atoms with van der Waals surface area (Å²) >= 11 is 0. The highest BCUT2D eigenvalue weighted by atomic mass is 19.4. The summed E-state index contributed by atoms with van der Waals surface area (Å²) in [5.74, 6) is 0.557. The number of aromatic nitrogens is 2. The summed E-state index contributed by atoms with van der Waals surface area (Å²) in [5.41, 5.74) is 0.731. The summed E-state index contributed by atoms with van der Waals surface area (Å²) in [6.45, 7) is -0.512. The molecule has 0 aliphatic heterocycles. The first-order valence-electron chi connectivity index (χ1n) is 6.17. The van der Waals surface area contributed by atoms with Crippen LogP contribution in [0.25, 0.3) is 11.5 Å². The van der Waals surface area contributed by atoms with Crippen LogP contribution in [-0.4, -0.2) is 46.0 Å². The van der Waals surface area contributed by atoms with Gasteiger partial charge in [0.15, 0.2) is 11.9 Å². The van der Waals surface area contributed by atoms with Crippen LogP contribution in [0.2, 0.25) is 0 Å². The second-order valence-electron chi connectivity index (χ2n) is 4.64. The molecule has 2 aromatic rings. The Morgan fingerprint density at radius 2 is 1.95 bits per heavy atom. The molecule has 0 saturated heterocycles. The molecule has 0 saturated carbocycles. The molecule has 5 nitrogen and oxygen atoms in total. The molecule has 0 aliphatic rings. The Hall–Kier alpha value is -1.93. The van der Waals surface area contributed by atoms with E-state index in [1.54, 1.807) is 12.1 Å². The van der Waals surface area contributed by atoms with Crippen molar-refractivity contribution >= 4 is 0 Å². The molecule has 1 N–H and O–H groups in total. The summed E-state index contributed by atoms with van der Waals surface area (Å²) in [7, 11) is 1.44. The third-order valence-corrected chi connectivity index (χ3v) is 2.76. The van der Waals surface area contributed by atoms with E-state index in [2.05, 4.69) is 10.1 Å². The topological polar surface area (TPSA) is 62.4 Å². The van der Waals surface area contributed by atoms with Crippen LogP contribution in [0.4, 0.5) is 13.2 Å². The number of nitrogens with zero attached hydrogens (tertiary/aromatic N) is 3. The molecular weight excluding hydrogens is 287 g/mol. The lowest BCUT2D eigenvalue weighted by atomic mass is 10.2. The lowest BCUT2D eigenvalue weighted by Crippen LogP contribution is -2.39. The molecular formula is C13H14F3N3O2. The van der Waals surface area contributed by atoms with Crippen molar-refractivity contribution in [2.24, 2.45) is 0 Å². The molecule has 1 heterocycles. The zero-order valence-electron chi connectivity index (χ0n) is 11.2. The third-order valence-electron chi connectivity index (χ3n) is 2.76. The van der Waals surface area contributed by atoms with Crippen LogP contribution in [0.1, 0.15) is 5.82 Å². The van der Waals surface area contributed by atoms with Gasteiger partial charge >= 0.3 is 6.18 Å². The van der Waals surface area contributed by atoms with E-state index in [9.17, 15) is 13.2 Å². The Morgan fingerprint density at radius 3 is 2.57 bits per heavy atom. The van der Waals surface area contributed by atoms with Crippen molar-refractivity contribution in [3.8, 4) is 11.5 Å². The van der Waals surface area contributed by atoms with E-state index < -0.39 is 18.8 Å². The highest BCUT2D eigenvalue weighted by Gasteiger charge is 2.38. The monoisotopic (exact) mass is 301 g/mol. The molecule has 0 spiro atoms. The van der Waals surface area contributed by atoms with Crippen molar-refractivity contribution in [3.63, 3.8) is 0 Å². The quantitative estimate of drug-likeness (QED) is 0.916. The maximum Gasteiger partial charge on any atom is 0.415 e. The van der Waals surface area contributed by atoms with E-state index in [4.69, 9.17) is 9.63 Å². The minimum atomic E-state index is -4.64. The first-order valence-corrected chi connectivity index (χ1v) is 6.17. The van der Waals surface area contributed by atoms with Crippen LogP contribution in [-0.2, 0) is 6.54 Å². The van der Waals surface area contributed by atoms with Gasteiger partial charge in [0.05, 0.1) is 6.54 Å². The van der Waals surface area contributed by atoms with Gasteiger partial charge in [0, 0.05) is 12.1 Å². The average molecular weight is 301 g/mol. The summed E-state index contributed by atoms with van der Waals surface area (Å²) < 4.78 is 41.8. The Labute approximate surface area is 119 Å². The van der Waals surface area contributed by atoms with Crippen LogP contribution in [0, 0.1) is 0 Å². The zero-order chi connectivity index (χ0) is 15.5. The van der Waals surface area contributed by atoms with Gasteiger partial charge in [-0.15, -0.1) is 0 Å². The first kappa shape index (κ1) is 15.5. The van der Waals surface area contributed by atoms with Crippen molar-refractivity contribution < 1.29 is 22.8 Å². The van der Waals surface area contributed by atoms with E-state index >= 15 is 0 Å². The lowest BCUT2D eigenvalue weighted by Gasteiger charge is -2.20. The van der Waals surface area contributed by atoms with E-state index in [0.717, 1.165) is 5.56 Å². The standard InChI is InChI=1S/C13H14F3N3O2/c1-19(7-10(20)13(14,15)16)8-11-17-12(21-18-11)9-5-3-2-4-6-9/h2-6,10,20H,7-8H2,1H3. The molecule has 2 rings (SSSR count). The van der Waals surface area contributed by atoms with Crippen LogP contribution in [0.5, 0.6) is 0 Å². The smallest absolute Gasteiger partial charge is 0.382 e. The van der Waals surface area contributed by atoms with E-state index in [1.165, 1.54) is 11.9 Å². The maximum absolute atomic E-state index is 12.2. The molecule has 1 unspecified atom stereocenters. The lowest BCUT2D eigenvalue weighted by molar-refractivity contribution is -0.207. The second kappa shape index (κ2) is 6.23. The molecule has 1 aromatic carbocycles. The van der Waals surface area contributed by atoms with Gasteiger partial charge in [0.1, 0.15) is 0 Å². The molecule has 0 radical (unpaired) electrons. The fraction of sp³-hybridized carbons (Fsp3) is 0.385. The summed E-state index contributed by atoms with van der Waals surface area (Å²) in [6.07, 6.45) is -7.04. The molecule has 8 heteroatoms. The average Bonchev–Trinajstić information content (AvgIpc) is 2.87. The normalized spacial score (nSPS) is 13.6. The molecule has 1 atom stereocenters. The number of alkyl halides is 3. The Morgan fingerprint density at radius 1 is 1.29 bits per heavy atom. The van der Waals surface area contributed by atoms with Crippen molar-refractivity contribution in [2.75, 3.05) is 13.6 Å². The van der Waals surface area contributed by atoms with Gasteiger partial charge in [-0.05, 0) is 19.2 Å². The number of benzene rings is 1. The zero-order valence-corrected chi connectivity index (χ0v) is 11.2. The predicted molar refractivity (Wildman–Crippen MR) is 68.1 cm³/mol. The van der Waals surface area contributed by atoms with Gasteiger partial charge in [0.25, 0.3) is 5.89 Å². The number of halogens is 3. The van der Waals surface area contributed by atoms with E-state index in [-0.39, 0.29) is 12.4 Å². The van der Waals surface area contributed by atoms with Crippen LogP contribution < -0.4 is 0 Å². The second-order valence-corrected chi connectivity index (χ2v) is 4.64. The van der Waals surface area contributed by atoms with Gasteiger partial charge < -0.3 is 9.63 Å². The Balaban J connectivity index is 1.97. The summed E-state index contributed by atoms with van der Waals surface area (Å²) in [5, 5.41) is 12.7. The number of aliphatic hydroxyl groups is 1. The SMILES string of the molecule is CN(Cc1noc(-c2ccccc2)n1)CC(O)C(F)(F)F. The van der Waals surface area contributed by atoms with Crippen LogP contribution in [0.3, 0.4) is 0 Å². The van der Waals surface area contributed by atoms with E-state index in [1.807, 2.05) is 18.2 Å². The molecule has 0 aliphatic carbocycles. The van der Waals surface area contributed by atoms with Gasteiger partial charge in [-0.2, -0.15) is 18.2 Å². The molecule has 0 bridgehead atoms. The van der Waals surface area contributed by atoms with Crippen molar-refractivity contribution in [1.29, 1.82) is 0 Å². The van der Waals surface area contributed by atoms with Crippen molar-refractivity contribution in [1.82, 2.24) is 15.0 Å². The molecule has 114 valence electrons. The number of hydrogen-bond acceptors (Lipinski definition) is 5.